The van der Waals surface area contributed by atoms with E-state index >= 15 is 0 Å². The van der Waals surface area contributed by atoms with Gasteiger partial charge < -0.3 is 10.0 Å². The summed E-state index contributed by atoms with van der Waals surface area (Å²) < 4.78 is 0. The van der Waals surface area contributed by atoms with Crippen molar-refractivity contribution in [3.05, 3.63) is 18.1 Å². The molecule has 0 bridgehead atoms. The summed E-state index contributed by atoms with van der Waals surface area (Å²) in [6.07, 6.45) is 3.90. The van der Waals surface area contributed by atoms with E-state index in [2.05, 4.69) is 34.8 Å². The van der Waals surface area contributed by atoms with Gasteiger partial charge in [0.05, 0.1) is 0 Å². The van der Waals surface area contributed by atoms with Crippen molar-refractivity contribution in [2.24, 2.45) is 5.92 Å². The quantitative estimate of drug-likeness (QED) is 0.868. The molecule has 2 heterocycles. The first-order chi connectivity index (χ1) is 8.20. The highest BCUT2D eigenvalue weighted by Crippen LogP contribution is 2.23. The predicted octanol–water partition coefficient (Wildman–Crippen LogP) is 1.81. The summed E-state index contributed by atoms with van der Waals surface area (Å²) in [5.41, 5.74) is 1.08. The van der Waals surface area contributed by atoms with Gasteiger partial charge in [0.2, 0.25) is 0 Å². The van der Waals surface area contributed by atoms with Crippen molar-refractivity contribution < 1.29 is 5.11 Å². The zero-order valence-electron chi connectivity index (χ0n) is 10.6. The molecule has 0 saturated carbocycles. The average molecular weight is 235 g/mol. The van der Waals surface area contributed by atoms with Gasteiger partial charge in [0, 0.05) is 31.5 Å². The Hall–Kier alpha value is -1.16. The summed E-state index contributed by atoms with van der Waals surface area (Å²) in [7, 11) is 0. The topological polar surface area (TPSA) is 49.2 Å². The van der Waals surface area contributed by atoms with Crippen molar-refractivity contribution in [1.29, 1.82) is 0 Å². The number of hydrogen-bond donors (Lipinski definition) is 1. The maximum absolute atomic E-state index is 9.24. The summed E-state index contributed by atoms with van der Waals surface area (Å²) in [5.74, 6) is 1.82. The Kier molecular flexibility index (Phi) is 3.94. The second kappa shape index (κ2) is 5.45. The molecule has 1 fully saturated rings. The largest absolute Gasteiger partial charge is 0.396 e. The van der Waals surface area contributed by atoms with E-state index in [9.17, 15) is 5.11 Å². The number of aliphatic hydroxyl groups is 1. The van der Waals surface area contributed by atoms with E-state index in [1.54, 1.807) is 6.33 Å². The number of hydrogen-bond acceptors (Lipinski definition) is 4. The average Bonchev–Trinajstić information content (AvgIpc) is 2.39. The normalized spacial score (nSPS) is 20.9. The minimum absolute atomic E-state index is 0.276. The predicted molar refractivity (Wildman–Crippen MR) is 68.1 cm³/mol. The van der Waals surface area contributed by atoms with E-state index in [-0.39, 0.29) is 6.61 Å². The van der Waals surface area contributed by atoms with Gasteiger partial charge in [-0.15, -0.1) is 0 Å². The minimum Gasteiger partial charge on any atom is -0.396 e. The van der Waals surface area contributed by atoms with Gasteiger partial charge in [-0.25, -0.2) is 9.97 Å². The molecule has 1 aliphatic rings. The molecular weight excluding hydrogens is 214 g/mol. The Balaban J connectivity index is 2.13. The summed E-state index contributed by atoms with van der Waals surface area (Å²) in [6.45, 7) is 6.49. The van der Waals surface area contributed by atoms with Gasteiger partial charge in [0.1, 0.15) is 12.1 Å². The summed E-state index contributed by atoms with van der Waals surface area (Å²) in [6, 6.07) is 2.07. The molecule has 1 aromatic rings. The molecule has 1 aliphatic heterocycles. The highest BCUT2D eigenvalue weighted by atomic mass is 16.3. The first-order valence-electron chi connectivity index (χ1n) is 6.38. The molecule has 1 unspecified atom stereocenters. The Labute approximate surface area is 103 Å². The lowest BCUT2D eigenvalue weighted by Gasteiger charge is -2.32. The fourth-order valence-electron chi connectivity index (χ4n) is 2.27. The zero-order chi connectivity index (χ0) is 12.3. The number of anilines is 1. The highest BCUT2D eigenvalue weighted by molar-refractivity contribution is 5.40. The van der Waals surface area contributed by atoms with Crippen molar-refractivity contribution in [1.82, 2.24) is 9.97 Å². The Morgan fingerprint density at radius 1 is 1.47 bits per heavy atom. The van der Waals surface area contributed by atoms with Crippen LogP contribution in [0.2, 0.25) is 0 Å². The Bertz CT molecular complexity index is 367. The lowest BCUT2D eigenvalue weighted by Crippen LogP contribution is -2.37. The van der Waals surface area contributed by atoms with Gasteiger partial charge in [-0.1, -0.05) is 13.8 Å². The van der Waals surface area contributed by atoms with Gasteiger partial charge in [-0.2, -0.15) is 0 Å². The second-order valence-electron chi connectivity index (χ2n) is 5.09. The van der Waals surface area contributed by atoms with E-state index in [1.165, 1.54) is 0 Å². The molecule has 1 atom stereocenters. The smallest absolute Gasteiger partial charge is 0.132 e. The van der Waals surface area contributed by atoms with Gasteiger partial charge in [-0.05, 0) is 24.7 Å². The molecule has 1 saturated heterocycles. The third kappa shape index (κ3) is 2.94. The zero-order valence-corrected chi connectivity index (χ0v) is 10.6. The highest BCUT2D eigenvalue weighted by Gasteiger charge is 2.20. The van der Waals surface area contributed by atoms with Crippen LogP contribution in [0.1, 0.15) is 38.3 Å². The fraction of sp³-hybridized carbons (Fsp3) is 0.692. The molecular formula is C13H21N3O. The maximum atomic E-state index is 9.24. The molecule has 0 spiro atoms. The van der Waals surface area contributed by atoms with Crippen LogP contribution in [0, 0.1) is 5.92 Å². The monoisotopic (exact) mass is 235 g/mol. The minimum atomic E-state index is 0.276. The first-order valence-corrected chi connectivity index (χ1v) is 6.38. The maximum Gasteiger partial charge on any atom is 0.132 e. The van der Waals surface area contributed by atoms with Crippen LogP contribution in [-0.2, 0) is 0 Å². The van der Waals surface area contributed by atoms with Gasteiger partial charge in [0.25, 0.3) is 0 Å². The molecule has 4 heteroatoms. The molecule has 94 valence electrons. The molecule has 4 nitrogen and oxygen atoms in total. The van der Waals surface area contributed by atoms with Crippen LogP contribution in [0.5, 0.6) is 0 Å². The Morgan fingerprint density at radius 2 is 2.29 bits per heavy atom. The van der Waals surface area contributed by atoms with Gasteiger partial charge >= 0.3 is 0 Å². The molecule has 2 rings (SSSR count). The SMILES string of the molecule is CC(C)c1cc(N2CCCC(CO)C2)ncn1. The van der Waals surface area contributed by atoms with Crippen molar-refractivity contribution in [2.45, 2.75) is 32.6 Å². The molecule has 0 aliphatic carbocycles. The molecule has 1 N–H and O–H groups in total. The van der Waals surface area contributed by atoms with E-state index in [1.807, 2.05) is 0 Å². The van der Waals surface area contributed by atoms with Crippen LogP contribution in [0.4, 0.5) is 5.82 Å². The summed E-state index contributed by atoms with van der Waals surface area (Å²) in [4.78, 5) is 10.9. The third-order valence-electron chi connectivity index (χ3n) is 3.37. The van der Waals surface area contributed by atoms with E-state index in [4.69, 9.17) is 0 Å². The number of aliphatic hydroxyl groups excluding tert-OH is 1. The summed E-state index contributed by atoms with van der Waals surface area (Å²) >= 11 is 0. The number of piperidine rings is 1. The summed E-state index contributed by atoms with van der Waals surface area (Å²) in [5, 5.41) is 9.24. The molecule has 1 aromatic heterocycles. The van der Waals surface area contributed by atoms with Crippen LogP contribution in [0.15, 0.2) is 12.4 Å². The van der Waals surface area contributed by atoms with Crippen molar-refractivity contribution in [3.8, 4) is 0 Å². The van der Waals surface area contributed by atoms with Crippen molar-refractivity contribution in [3.63, 3.8) is 0 Å². The standard InChI is InChI=1S/C13H21N3O/c1-10(2)12-6-13(15-9-14-12)16-5-3-4-11(7-16)8-17/h6,9-11,17H,3-5,7-8H2,1-2H3. The number of rotatable bonds is 3. The van der Waals surface area contributed by atoms with Crippen LogP contribution in [0.3, 0.4) is 0 Å². The molecule has 0 radical (unpaired) electrons. The van der Waals surface area contributed by atoms with Crippen LogP contribution in [0.25, 0.3) is 0 Å². The van der Waals surface area contributed by atoms with Crippen LogP contribution in [-0.4, -0.2) is 34.8 Å². The van der Waals surface area contributed by atoms with E-state index in [0.717, 1.165) is 37.4 Å². The second-order valence-corrected chi connectivity index (χ2v) is 5.09. The fourth-order valence-corrected chi connectivity index (χ4v) is 2.27. The van der Waals surface area contributed by atoms with Gasteiger partial charge in [0.15, 0.2) is 0 Å². The lowest BCUT2D eigenvalue weighted by molar-refractivity contribution is 0.208. The molecule has 0 aromatic carbocycles. The third-order valence-corrected chi connectivity index (χ3v) is 3.37. The lowest BCUT2D eigenvalue weighted by atomic mass is 9.99. The Morgan fingerprint density at radius 3 is 3.00 bits per heavy atom. The van der Waals surface area contributed by atoms with E-state index < -0.39 is 0 Å². The molecule has 0 amide bonds. The van der Waals surface area contributed by atoms with E-state index in [0.29, 0.717) is 11.8 Å². The van der Waals surface area contributed by atoms with Crippen LogP contribution < -0.4 is 4.90 Å². The van der Waals surface area contributed by atoms with Gasteiger partial charge in [-0.3, -0.25) is 0 Å². The van der Waals surface area contributed by atoms with Crippen LogP contribution >= 0.6 is 0 Å². The van der Waals surface area contributed by atoms with Crippen molar-refractivity contribution >= 4 is 5.82 Å². The number of aromatic nitrogens is 2. The number of nitrogens with zero attached hydrogens (tertiary/aromatic N) is 3. The molecule has 17 heavy (non-hydrogen) atoms. The first kappa shape index (κ1) is 12.3. The van der Waals surface area contributed by atoms with Crippen molar-refractivity contribution in [2.75, 3.05) is 24.6 Å².